The van der Waals surface area contributed by atoms with E-state index < -0.39 is 11.3 Å². The summed E-state index contributed by atoms with van der Waals surface area (Å²) in [5.74, 6) is -1.04. The van der Waals surface area contributed by atoms with Gasteiger partial charge in [-0.2, -0.15) is 0 Å². The van der Waals surface area contributed by atoms with Crippen molar-refractivity contribution in [2.24, 2.45) is 11.1 Å². The molecule has 0 bridgehead atoms. The summed E-state index contributed by atoms with van der Waals surface area (Å²) >= 11 is 1.53. The molecule has 35 heavy (non-hydrogen) atoms. The quantitative estimate of drug-likeness (QED) is 0.301. The molecule has 6 heteroatoms. The van der Waals surface area contributed by atoms with Gasteiger partial charge < -0.3 is 10.5 Å². The molecule has 4 nitrogen and oxygen atoms in total. The van der Waals surface area contributed by atoms with E-state index in [0.29, 0.717) is 24.8 Å². The van der Waals surface area contributed by atoms with Crippen molar-refractivity contribution >= 4 is 23.6 Å². The number of rotatable bonds is 11. The van der Waals surface area contributed by atoms with Crippen molar-refractivity contribution in [1.82, 2.24) is 0 Å². The number of esters is 1. The predicted molar refractivity (Wildman–Crippen MR) is 139 cm³/mol. The highest BCUT2D eigenvalue weighted by atomic mass is 32.2. The summed E-state index contributed by atoms with van der Waals surface area (Å²) in [4.78, 5) is 24.9. The van der Waals surface area contributed by atoms with Crippen LogP contribution < -0.4 is 5.73 Å². The molecule has 3 aromatic carbocycles. The molecule has 3 aromatic rings. The van der Waals surface area contributed by atoms with Crippen LogP contribution in [0.5, 0.6) is 0 Å². The number of halogens is 1. The largest absolute Gasteiger partial charge is 0.465 e. The Kier molecular flexibility index (Phi) is 9.10. The second-order valence-corrected chi connectivity index (χ2v) is 10.2. The van der Waals surface area contributed by atoms with E-state index in [9.17, 15) is 14.0 Å². The van der Waals surface area contributed by atoms with Crippen molar-refractivity contribution in [3.05, 3.63) is 83.7 Å². The maximum Gasteiger partial charge on any atom is 0.302 e. The van der Waals surface area contributed by atoms with Crippen molar-refractivity contribution in [2.45, 2.75) is 56.2 Å². The van der Waals surface area contributed by atoms with Crippen LogP contribution >= 0.6 is 11.8 Å². The molecule has 3 rings (SSSR count). The third kappa shape index (κ3) is 7.69. The molecule has 0 saturated carbocycles. The number of hydrogen-bond donors (Lipinski definition) is 1. The average Bonchev–Trinajstić information content (AvgIpc) is 2.83. The third-order valence-electron chi connectivity index (χ3n) is 6.29. The molecular weight excluding hydrogens is 461 g/mol. The molecule has 0 radical (unpaired) electrons. The molecular formula is C29H32FNO3S. The first-order chi connectivity index (χ1) is 16.7. The highest BCUT2D eigenvalue weighted by Gasteiger charge is 2.31. The van der Waals surface area contributed by atoms with E-state index in [0.717, 1.165) is 20.9 Å². The third-order valence-corrected chi connectivity index (χ3v) is 7.28. The number of benzene rings is 3. The molecule has 0 aromatic heterocycles. The number of aryl methyl sites for hydroxylation is 2. The fourth-order valence-electron chi connectivity index (χ4n) is 4.04. The smallest absolute Gasteiger partial charge is 0.302 e. The van der Waals surface area contributed by atoms with Gasteiger partial charge in [0.05, 0.1) is 6.61 Å². The average molecular weight is 494 g/mol. The van der Waals surface area contributed by atoms with Crippen LogP contribution in [0.15, 0.2) is 76.5 Å². The fraction of sp³-hybridized carbons (Fsp3) is 0.310. The van der Waals surface area contributed by atoms with Crippen LogP contribution in [0, 0.1) is 18.2 Å². The van der Waals surface area contributed by atoms with E-state index in [1.165, 1.54) is 24.2 Å². The molecule has 0 fully saturated rings. The minimum Gasteiger partial charge on any atom is -0.465 e. The minimum atomic E-state index is -0.493. The highest BCUT2D eigenvalue weighted by molar-refractivity contribution is 7.99. The lowest BCUT2D eigenvalue weighted by atomic mass is 9.77. The van der Waals surface area contributed by atoms with Crippen LogP contribution in [0.1, 0.15) is 44.2 Å². The molecule has 0 heterocycles. The van der Waals surface area contributed by atoms with Gasteiger partial charge in [0.1, 0.15) is 5.82 Å². The maximum absolute atomic E-state index is 14.9. The Bertz CT molecular complexity index is 1160. The second kappa shape index (κ2) is 12.0. The van der Waals surface area contributed by atoms with Crippen molar-refractivity contribution in [2.75, 3.05) is 6.61 Å². The van der Waals surface area contributed by atoms with E-state index in [-0.39, 0.29) is 24.8 Å². The van der Waals surface area contributed by atoms with Gasteiger partial charge in [0.15, 0.2) is 0 Å². The lowest BCUT2D eigenvalue weighted by Crippen LogP contribution is -2.33. The zero-order chi connectivity index (χ0) is 25.4. The highest BCUT2D eigenvalue weighted by Crippen LogP contribution is 2.34. The molecule has 1 amide bonds. The monoisotopic (exact) mass is 493 g/mol. The zero-order valence-corrected chi connectivity index (χ0v) is 21.3. The number of carbonyl (C=O) groups is 2. The van der Waals surface area contributed by atoms with Gasteiger partial charge >= 0.3 is 5.97 Å². The minimum absolute atomic E-state index is 0.160. The Morgan fingerprint density at radius 1 is 1.00 bits per heavy atom. The van der Waals surface area contributed by atoms with Crippen molar-refractivity contribution in [1.29, 1.82) is 0 Å². The molecule has 2 N–H and O–H groups in total. The van der Waals surface area contributed by atoms with Crippen LogP contribution in [0.3, 0.4) is 0 Å². The summed E-state index contributed by atoms with van der Waals surface area (Å²) in [7, 11) is 0. The molecule has 1 atom stereocenters. The van der Waals surface area contributed by atoms with Gasteiger partial charge in [-0.05, 0) is 61.6 Å². The molecule has 0 aliphatic carbocycles. The van der Waals surface area contributed by atoms with Crippen LogP contribution in [0.4, 0.5) is 4.39 Å². The van der Waals surface area contributed by atoms with Crippen molar-refractivity contribution in [3.63, 3.8) is 0 Å². The Labute approximate surface area is 211 Å². The van der Waals surface area contributed by atoms with Gasteiger partial charge in [-0.3, -0.25) is 9.59 Å². The number of ether oxygens (including phenoxy) is 1. The summed E-state index contributed by atoms with van der Waals surface area (Å²) in [5.41, 5.74) is 8.59. The molecule has 0 saturated heterocycles. The molecule has 1 unspecified atom stereocenters. The number of carbonyl (C=O) groups excluding carboxylic acids is 2. The first-order valence-corrected chi connectivity index (χ1v) is 12.6. The first-order valence-electron chi connectivity index (χ1n) is 11.7. The Balaban J connectivity index is 1.69. The van der Waals surface area contributed by atoms with Gasteiger partial charge in [0.2, 0.25) is 5.91 Å². The van der Waals surface area contributed by atoms with E-state index in [2.05, 4.69) is 0 Å². The number of amides is 1. The van der Waals surface area contributed by atoms with Gasteiger partial charge in [-0.1, -0.05) is 66.7 Å². The lowest BCUT2D eigenvalue weighted by molar-refractivity contribution is -0.146. The Morgan fingerprint density at radius 2 is 1.66 bits per heavy atom. The van der Waals surface area contributed by atoms with E-state index in [1.807, 2.05) is 74.5 Å². The van der Waals surface area contributed by atoms with Gasteiger partial charge in [0, 0.05) is 34.1 Å². The van der Waals surface area contributed by atoms with Crippen LogP contribution in [-0.4, -0.2) is 18.5 Å². The van der Waals surface area contributed by atoms with E-state index in [4.69, 9.17) is 10.5 Å². The van der Waals surface area contributed by atoms with Crippen LogP contribution in [0.25, 0.3) is 11.1 Å². The first kappa shape index (κ1) is 26.5. The topological polar surface area (TPSA) is 69.4 Å². The van der Waals surface area contributed by atoms with Crippen LogP contribution in [0.2, 0.25) is 0 Å². The number of hydrogen-bond acceptors (Lipinski definition) is 4. The Morgan fingerprint density at radius 3 is 2.23 bits per heavy atom. The lowest BCUT2D eigenvalue weighted by Gasteiger charge is -2.31. The van der Waals surface area contributed by atoms with Gasteiger partial charge in [-0.15, -0.1) is 0 Å². The molecule has 0 aliphatic rings. The molecule has 184 valence electrons. The van der Waals surface area contributed by atoms with Gasteiger partial charge in [-0.25, -0.2) is 4.39 Å². The summed E-state index contributed by atoms with van der Waals surface area (Å²) in [6.45, 7) is 5.53. The number of primary amides is 1. The summed E-state index contributed by atoms with van der Waals surface area (Å²) in [6, 6.07) is 21.2. The van der Waals surface area contributed by atoms with Gasteiger partial charge in [0.25, 0.3) is 0 Å². The second-order valence-electron chi connectivity index (χ2n) is 9.03. The molecule has 0 aliphatic heterocycles. The van der Waals surface area contributed by atoms with Crippen LogP contribution in [-0.2, 0) is 20.7 Å². The van der Waals surface area contributed by atoms with Crippen molar-refractivity contribution < 1.29 is 18.7 Å². The van der Waals surface area contributed by atoms with E-state index in [1.54, 1.807) is 6.07 Å². The number of nitrogens with two attached hydrogens (primary N) is 1. The predicted octanol–water partition coefficient (Wildman–Crippen LogP) is 6.72. The zero-order valence-electron chi connectivity index (χ0n) is 20.5. The maximum atomic E-state index is 14.9. The standard InChI is InChI=1S/C29H32FNO3S/c1-4-29(18-28(31)33,19-34-21(3)32)16-15-22-7-9-23(10-8-22)26-14-13-25(17-27(26)30)35-24-11-5-20(2)6-12-24/h5-14,17H,4,15-16,18-19H2,1-3H3,(H2,31,33). The summed E-state index contributed by atoms with van der Waals surface area (Å²) in [5, 5.41) is 0. The normalized spacial score (nSPS) is 12.7. The van der Waals surface area contributed by atoms with E-state index >= 15 is 0 Å². The SMILES string of the molecule is CCC(CCc1ccc(-c2ccc(Sc3ccc(C)cc3)cc2F)cc1)(COC(C)=O)CC(N)=O. The Hall–Kier alpha value is -3.12. The molecule has 0 spiro atoms. The fourth-order valence-corrected chi connectivity index (χ4v) is 4.88. The summed E-state index contributed by atoms with van der Waals surface area (Å²) < 4.78 is 20.2. The summed E-state index contributed by atoms with van der Waals surface area (Å²) in [6.07, 6.45) is 2.17. The van der Waals surface area contributed by atoms with Crippen molar-refractivity contribution in [3.8, 4) is 11.1 Å².